The van der Waals surface area contributed by atoms with Gasteiger partial charge in [-0.05, 0) is 42.7 Å². The molecule has 5 heteroatoms. The average Bonchev–Trinajstić information content (AvgIpc) is 2.62. The van der Waals surface area contributed by atoms with E-state index in [0.717, 1.165) is 11.3 Å². The minimum atomic E-state index is -0.321. The molecular formula is C20H24N2O3. The van der Waals surface area contributed by atoms with Crippen molar-refractivity contribution in [3.05, 3.63) is 59.7 Å². The predicted molar refractivity (Wildman–Crippen MR) is 99.4 cm³/mol. The van der Waals surface area contributed by atoms with E-state index in [1.807, 2.05) is 55.5 Å². The molecule has 2 aromatic carbocycles. The van der Waals surface area contributed by atoms with Crippen LogP contribution in [-0.2, 0) is 4.79 Å². The summed E-state index contributed by atoms with van der Waals surface area (Å²) in [6.45, 7) is 6.66. The fourth-order valence-electron chi connectivity index (χ4n) is 2.18. The summed E-state index contributed by atoms with van der Waals surface area (Å²) in [5, 5.41) is 3.95. The van der Waals surface area contributed by atoms with Crippen LogP contribution in [0.15, 0.2) is 53.6 Å². The van der Waals surface area contributed by atoms with E-state index in [2.05, 4.69) is 24.4 Å². The van der Waals surface area contributed by atoms with E-state index in [-0.39, 0.29) is 12.5 Å². The number of hydrogen-bond acceptors (Lipinski definition) is 4. The van der Waals surface area contributed by atoms with E-state index in [9.17, 15) is 4.79 Å². The molecule has 0 radical (unpaired) electrons. The van der Waals surface area contributed by atoms with E-state index >= 15 is 0 Å². The van der Waals surface area contributed by atoms with Crippen molar-refractivity contribution in [1.82, 2.24) is 5.43 Å². The fourth-order valence-corrected chi connectivity index (χ4v) is 2.18. The van der Waals surface area contributed by atoms with Crippen molar-refractivity contribution < 1.29 is 14.3 Å². The smallest absolute Gasteiger partial charge is 0.277 e. The maximum atomic E-state index is 11.8. The third-order valence-corrected chi connectivity index (χ3v) is 3.53. The number of ether oxygens (including phenoxy) is 2. The lowest BCUT2D eigenvalue weighted by Gasteiger charge is -2.08. The van der Waals surface area contributed by atoms with Gasteiger partial charge < -0.3 is 9.47 Å². The molecule has 132 valence electrons. The summed E-state index contributed by atoms with van der Waals surface area (Å²) in [7, 11) is 0. The minimum Gasteiger partial charge on any atom is -0.493 e. The number of benzene rings is 2. The Hall–Kier alpha value is -2.82. The van der Waals surface area contributed by atoms with Crippen LogP contribution in [0.5, 0.6) is 11.5 Å². The van der Waals surface area contributed by atoms with Crippen LogP contribution in [0.2, 0.25) is 0 Å². The Labute approximate surface area is 148 Å². The van der Waals surface area contributed by atoms with Crippen molar-refractivity contribution in [2.45, 2.75) is 26.7 Å². The highest BCUT2D eigenvalue weighted by Gasteiger charge is 2.04. The summed E-state index contributed by atoms with van der Waals surface area (Å²) in [5.41, 5.74) is 4.48. The second-order valence-corrected chi connectivity index (χ2v) is 5.78. The average molecular weight is 340 g/mol. The van der Waals surface area contributed by atoms with Gasteiger partial charge in [0.25, 0.3) is 5.91 Å². The molecule has 0 bridgehead atoms. The molecule has 0 aliphatic rings. The van der Waals surface area contributed by atoms with Crippen molar-refractivity contribution in [3.63, 3.8) is 0 Å². The number of carbonyl (C=O) groups excluding carboxylic acids is 1. The zero-order valence-corrected chi connectivity index (χ0v) is 14.9. The van der Waals surface area contributed by atoms with Gasteiger partial charge in [0.05, 0.1) is 12.8 Å². The number of amides is 1. The zero-order valence-electron chi connectivity index (χ0n) is 14.9. The van der Waals surface area contributed by atoms with Gasteiger partial charge in [0.15, 0.2) is 6.61 Å². The second-order valence-electron chi connectivity index (χ2n) is 5.78. The molecule has 2 aromatic rings. The molecule has 25 heavy (non-hydrogen) atoms. The van der Waals surface area contributed by atoms with Crippen molar-refractivity contribution in [3.8, 4) is 11.5 Å². The van der Waals surface area contributed by atoms with E-state index in [1.165, 1.54) is 5.56 Å². The van der Waals surface area contributed by atoms with Crippen LogP contribution < -0.4 is 14.9 Å². The minimum absolute atomic E-state index is 0.0918. The maximum absolute atomic E-state index is 11.8. The topological polar surface area (TPSA) is 59.9 Å². The van der Waals surface area contributed by atoms with Crippen molar-refractivity contribution >= 4 is 12.1 Å². The Balaban J connectivity index is 1.82. The van der Waals surface area contributed by atoms with Crippen LogP contribution in [-0.4, -0.2) is 25.3 Å². The molecule has 0 fully saturated rings. The Morgan fingerprint density at radius 2 is 1.84 bits per heavy atom. The molecule has 0 spiro atoms. The predicted octanol–water partition coefficient (Wildman–Crippen LogP) is 3.74. The quantitative estimate of drug-likeness (QED) is 0.588. The first-order chi connectivity index (χ1) is 12.1. The Morgan fingerprint density at radius 1 is 1.12 bits per heavy atom. The molecular weight excluding hydrogens is 316 g/mol. The monoisotopic (exact) mass is 340 g/mol. The highest BCUT2D eigenvalue weighted by molar-refractivity contribution is 5.85. The molecule has 0 unspecified atom stereocenters. The molecule has 0 atom stereocenters. The van der Waals surface area contributed by atoms with Crippen LogP contribution >= 0.6 is 0 Å². The van der Waals surface area contributed by atoms with Gasteiger partial charge in [-0.2, -0.15) is 5.10 Å². The summed E-state index contributed by atoms with van der Waals surface area (Å²) in [5.74, 6) is 1.53. The number of para-hydroxylation sites is 1. The van der Waals surface area contributed by atoms with Crippen LogP contribution in [0, 0.1) is 0 Å². The lowest BCUT2D eigenvalue weighted by molar-refractivity contribution is -0.123. The first-order valence-corrected chi connectivity index (χ1v) is 8.36. The summed E-state index contributed by atoms with van der Waals surface area (Å²) < 4.78 is 11.0. The SMILES string of the molecule is CCOc1ccccc1/C=N/NC(=O)COc1ccc(C(C)C)cc1. The van der Waals surface area contributed by atoms with E-state index in [4.69, 9.17) is 9.47 Å². The van der Waals surface area contributed by atoms with Crippen LogP contribution in [0.4, 0.5) is 0 Å². The van der Waals surface area contributed by atoms with Crippen LogP contribution in [0.1, 0.15) is 37.8 Å². The van der Waals surface area contributed by atoms with Gasteiger partial charge >= 0.3 is 0 Å². The molecule has 0 heterocycles. The molecule has 5 nitrogen and oxygen atoms in total. The van der Waals surface area contributed by atoms with E-state index in [1.54, 1.807) is 6.21 Å². The van der Waals surface area contributed by atoms with Gasteiger partial charge in [-0.15, -0.1) is 0 Å². The number of hydrogen-bond donors (Lipinski definition) is 1. The first kappa shape index (κ1) is 18.5. The second kappa shape index (κ2) is 9.47. The normalized spacial score (nSPS) is 10.9. The van der Waals surface area contributed by atoms with Crippen molar-refractivity contribution in [2.24, 2.45) is 5.10 Å². The third-order valence-electron chi connectivity index (χ3n) is 3.53. The Bertz CT molecular complexity index is 709. The first-order valence-electron chi connectivity index (χ1n) is 8.36. The number of nitrogens with one attached hydrogen (secondary N) is 1. The molecule has 2 rings (SSSR count). The highest BCUT2D eigenvalue weighted by atomic mass is 16.5. The van der Waals surface area contributed by atoms with Crippen molar-refractivity contribution in [2.75, 3.05) is 13.2 Å². The van der Waals surface area contributed by atoms with E-state index in [0.29, 0.717) is 18.3 Å². The molecule has 1 amide bonds. The molecule has 0 aliphatic heterocycles. The fraction of sp³-hybridized carbons (Fsp3) is 0.300. The summed E-state index contributed by atoms with van der Waals surface area (Å²) >= 11 is 0. The van der Waals surface area contributed by atoms with E-state index < -0.39 is 0 Å². The summed E-state index contributed by atoms with van der Waals surface area (Å²) in [4.78, 5) is 11.8. The lowest BCUT2D eigenvalue weighted by atomic mass is 10.0. The Morgan fingerprint density at radius 3 is 2.52 bits per heavy atom. The summed E-state index contributed by atoms with van der Waals surface area (Å²) in [6.07, 6.45) is 1.56. The number of carbonyl (C=O) groups is 1. The largest absolute Gasteiger partial charge is 0.493 e. The number of hydrazone groups is 1. The zero-order chi connectivity index (χ0) is 18.1. The van der Waals surface area contributed by atoms with Gasteiger partial charge in [0.2, 0.25) is 0 Å². The van der Waals surface area contributed by atoms with Gasteiger partial charge in [0.1, 0.15) is 11.5 Å². The standard InChI is InChI=1S/C20H24N2O3/c1-4-24-19-8-6-5-7-17(19)13-21-22-20(23)14-25-18-11-9-16(10-12-18)15(2)3/h5-13,15H,4,14H2,1-3H3,(H,22,23)/b21-13+. The van der Waals surface area contributed by atoms with Gasteiger partial charge in [0, 0.05) is 5.56 Å². The number of nitrogens with zero attached hydrogens (tertiary/aromatic N) is 1. The van der Waals surface area contributed by atoms with Gasteiger partial charge in [-0.1, -0.05) is 38.1 Å². The molecule has 1 N–H and O–H groups in total. The van der Waals surface area contributed by atoms with Gasteiger partial charge in [-0.25, -0.2) is 5.43 Å². The van der Waals surface area contributed by atoms with Gasteiger partial charge in [-0.3, -0.25) is 4.79 Å². The molecule has 0 aromatic heterocycles. The lowest BCUT2D eigenvalue weighted by Crippen LogP contribution is -2.24. The molecule has 0 saturated carbocycles. The van der Waals surface area contributed by atoms with Crippen LogP contribution in [0.3, 0.4) is 0 Å². The highest BCUT2D eigenvalue weighted by Crippen LogP contribution is 2.18. The molecule has 0 saturated heterocycles. The molecule has 0 aliphatic carbocycles. The van der Waals surface area contributed by atoms with Crippen molar-refractivity contribution in [1.29, 1.82) is 0 Å². The van der Waals surface area contributed by atoms with Crippen LogP contribution in [0.25, 0.3) is 0 Å². The Kier molecular flexibility index (Phi) is 7.01. The maximum Gasteiger partial charge on any atom is 0.277 e. The third kappa shape index (κ3) is 5.95. The summed E-state index contributed by atoms with van der Waals surface area (Å²) in [6, 6.07) is 15.2. The number of rotatable bonds is 8.